The van der Waals surface area contributed by atoms with Crippen molar-refractivity contribution in [2.24, 2.45) is 0 Å². The third-order valence-electron chi connectivity index (χ3n) is 3.96. The molecule has 0 aliphatic rings. The molecular weight excluding hydrogens is 316 g/mol. The van der Waals surface area contributed by atoms with E-state index < -0.39 is 0 Å². The van der Waals surface area contributed by atoms with Crippen LogP contribution in [0.2, 0.25) is 0 Å². The zero-order valence-corrected chi connectivity index (χ0v) is 14.5. The molecule has 1 heterocycles. The van der Waals surface area contributed by atoms with Gasteiger partial charge in [0.25, 0.3) is 0 Å². The van der Waals surface area contributed by atoms with E-state index in [0.717, 1.165) is 27.8 Å². The zero-order valence-electron chi connectivity index (χ0n) is 14.5. The molecule has 3 rings (SSSR count). The number of amides is 1. The number of pyridine rings is 1. The number of aromatic nitrogens is 1. The second-order valence-corrected chi connectivity index (χ2v) is 5.74. The van der Waals surface area contributed by atoms with Gasteiger partial charge in [0.2, 0.25) is 5.91 Å². The first-order chi connectivity index (χ1) is 12.1. The number of hydrogen-bond donors (Lipinski definition) is 1. The van der Waals surface area contributed by atoms with Crippen LogP contribution in [0.25, 0.3) is 10.9 Å². The molecular formula is C20H20N2O3. The van der Waals surface area contributed by atoms with Crippen LogP contribution < -0.4 is 14.8 Å². The van der Waals surface area contributed by atoms with Crippen molar-refractivity contribution < 1.29 is 14.3 Å². The largest absolute Gasteiger partial charge is 0.493 e. The molecule has 5 heteroatoms. The summed E-state index contributed by atoms with van der Waals surface area (Å²) < 4.78 is 10.5. The van der Waals surface area contributed by atoms with Gasteiger partial charge in [0.15, 0.2) is 11.5 Å². The SMILES string of the molecule is COc1ccc(CC(=O)Nc2cccc3nc(C)ccc23)cc1OC. The van der Waals surface area contributed by atoms with E-state index >= 15 is 0 Å². The number of carbonyl (C=O) groups excluding carboxylic acids is 1. The van der Waals surface area contributed by atoms with Crippen molar-refractivity contribution in [1.82, 2.24) is 4.98 Å². The second kappa shape index (κ2) is 7.21. The average molecular weight is 336 g/mol. The van der Waals surface area contributed by atoms with Gasteiger partial charge in [-0.05, 0) is 48.9 Å². The van der Waals surface area contributed by atoms with E-state index in [-0.39, 0.29) is 12.3 Å². The number of ether oxygens (including phenoxy) is 2. The van der Waals surface area contributed by atoms with Gasteiger partial charge in [0.05, 0.1) is 31.8 Å². The van der Waals surface area contributed by atoms with E-state index in [1.807, 2.05) is 49.4 Å². The van der Waals surface area contributed by atoms with Crippen LogP contribution in [0, 0.1) is 6.92 Å². The summed E-state index contributed by atoms with van der Waals surface area (Å²) in [6, 6.07) is 15.1. The van der Waals surface area contributed by atoms with Crippen LogP contribution in [0.4, 0.5) is 5.69 Å². The van der Waals surface area contributed by atoms with E-state index in [2.05, 4.69) is 10.3 Å². The molecule has 2 aromatic carbocycles. The Labute approximate surface area is 146 Å². The lowest BCUT2D eigenvalue weighted by molar-refractivity contribution is -0.115. The van der Waals surface area contributed by atoms with Gasteiger partial charge in [0.1, 0.15) is 0 Å². The van der Waals surface area contributed by atoms with Crippen molar-refractivity contribution in [3.63, 3.8) is 0 Å². The molecule has 0 fully saturated rings. The van der Waals surface area contributed by atoms with Crippen LogP contribution in [-0.4, -0.2) is 25.1 Å². The molecule has 1 amide bonds. The number of fused-ring (bicyclic) bond motifs is 1. The normalized spacial score (nSPS) is 10.5. The summed E-state index contributed by atoms with van der Waals surface area (Å²) in [5.74, 6) is 1.15. The molecule has 1 N–H and O–H groups in total. The van der Waals surface area contributed by atoms with Crippen LogP contribution in [0.3, 0.4) is 0 Å². The van der Waals surface area contributed by atoms with Gasteiger partial charge in [-0.1, -0.05) is 12.1 Å². The van der Waals surface area contributed by atoms with E-state index in [1.165, 1.54) is 0 Å². The second-order valence-electron chi connectivity index (χ2n) is 5.74. The van der Waals surface area contributed by atoms with Crippen molar-refractivity contribution in [2.75, 3.05) is 19.5 Å². The summed E-state index contributed by atoms with van der Waals surface area (Å²) in [5, 5.41) is 3.89. The maximum absolute atomic E-state index is 12.4. The molecule has 0 saturated carbocycles. The number of benzene rings is 2. The van der Waals surface area contributed by atoms with E-state index in [0.29, 0.717) is 11.5 Å². The third kappa shape index (κ3) is 3.71. The molecule has 25 heavy (non-hydrogen) atoms. The van der Waals surface area contributed by atoms with Crippen molar-refractivity contribution in [3.05, 3.63) is 59.8 Å². The Morgan fingerprint density at radius 2 is 1.84 bits per heavy atom. The maximum Gasteiger partial charge on any atom is 0.228 e. The number of methoxy groups -OCH3 is 2. The molecule has 0 unspecified atom stereocenters. The Hall–Kier alpha value is -3.08. The molecule has 0 aliphatic heterocycles. The summed E-state index contributed by atoms with van der Waals surface area (Å²) in [5.41, 5.74) is 3.42. The topological polar surface area (TPSA) is 60.5 Å². The summed E-state index contributed by atoms with van der Waals surface area (Å²) in [6.07, 6.45) is 0.246. The molecule has 0 radical (unpaired) electrons. The highest BCUT2D eigenvalue weighted by Crippen LogP contribution is 2.28. The number of hydrogen-bond acceptors (Lipinski definition) is 4. The molecule has 0 spiro atoms. The average Bonchev–Trinajstić information content (AvgIpc) is 2.61. The van der Waals surface area contributed by atoms with Gasteiger partial charge in [-0.3, -0.25) is 9.78 Å². The highest BCUT2D eigenvalue weighted by molar-refractivity contribution is 6.01. The predicted molar refractivity (Wildman–Crippen MR) is 98.4 cm³/mol. The zero-order chi connectivity index (χ0) is 17.8. The number of carbonyl (C=O) groups is 1. The number of rotatable bonds is 5. The Balaban J connectivity index is 1.79. The van der Waals surface area contributed by atoms with E-state index in [4.69, 9.17) is 9.47 Å². The smallest absolute Gasteiger partial charge is 0.228 e. The van der Waals surface area contributed by atoms with Crippen LogP contribution >= 0.6 is 0 Å². The Kier molecular flexibility index (Phi) is 4.84. The molecule has 0 aliphatic carbocycles. The first-order valence-corrected chi connectivity index (χ1v) is 7.98. The summed E-state index contributed by atoms with van der Waals surface area (Å²) in [4.78, 5) is 16.9. The molecule has 0 atom stereocenters. The summed E-state index contributed by atoms with van der Waals surface area (Å²) >= 11 is 0. The number of anilines is 1. The minimum absolute atomic E-state index is 0.0969. The van der Waals surface area contributed by atoms with Crippen LogP contribution in [0.5, 0.6) is 11.5 Å². The van der Waals surface area contributed by atoms with Gasteiger partial charge in [-0.15, -0.1) is 0 Å². The lowest BCUT2D eigenvalue weighted by Crippen LogP contribution is -2.14. The van der Waals surface area contributed by atoms with Gasteiger partial charge < -0.3 is 14.8 Å². The number of nitrogens with one attached hydrogen (secondary N) is 1. The highest BCUT2D eigenvalue weighted by atomic mass is 16.5. The minimum atomic E-state index is -0.0969. The van der Waals surface area contributed by atoms with Crippen molar-refractivity contribution >= 4 is 22.5 Å². The quantitative estimate of drug-likeness (QED) is 0.771. The first kappa shape index (κ1) is 16.8. The van der Waals surface area contributed by atoms with Crippen molar-refractivity contribution in [1.29, 1.82) is 0 Å². The minimum Gasteiger partial charge on any atom is -0.493 e. The summed E-state index contributed by atoms with van der Waals surface area (Å²) in [6.45, 7) is 1.95. The Bertz CT molecular complexity index is 922. The van der Waals surface area contributed by atoms with Crippen LogP contribution in [-0.2, 0) is 11.2 Å². The fourth-order valence-corrected chi connectivity index (χ4v) is 2.74. The van der Waals surface area contributed by atoms with Gasteiger partial charge in [0, 0.05) is 11.1 Å². The molecule has 5 nitrogen and oxygen atoms in total. The van der Waals surface area contributed by atoms with E-state index in [9.17, 15) is 4.79 Å². The monoisotopic (exact) mass is 336 g/mol. The van der Waals surface area contributed by atoms with Gasteiger partial charge in [-0.2, -0.15) is 0 Å². The van der Waals surface area contributed by atoms with Crippen molar-refractivity contribution in [2.45, 2.75) is 13.3 Å². The predicted octanol–water partition coefficient (Wildman–Crippen LogP) is 3.74. The Morgan fingerprint density at radius 3 is 2.60 bits per heavy atom. The number of nitrogens with zero attached hydrogens (tertiary/aromatic N) is 1. The lowest BCUT2D eigenvalue weighted by atomic mass is 10.1. The fraction of sp³-hybridized carbons (Fsp3) is 0.200. The van der Waals surface area contributed by atoms with Gasteiger partial charge >= 0.3 is 0 Å². The van der Waals surface area contributed by atoms with Crippen LogP contribution in [0.1, 0.15) is 11.3 Å². The standard InChI is InChI=1S/C20H20N2O3/c1-13-7-9-15-16(21-13)5-4-6-17(15)22-20(23)12-14-8-10-18(24-2)19(11-14)25-3/h4-11H,12H2,1-3H3,(H,22,23). The Morgan fingerprint density at radius 1 is 1.04 bits per heavy atom. The molecule has 1 aromatic heterocycles. The third-order valence-corrected chi connectivity index (χ3v) is 3.96. The highest BCUT2D eigenvalue weighted by Gasteiger charge is 2.10. The maximum atomic E-state index is 12.4. The molecule has 0 bridgehead atoms. The van der Waals surface area contributed by atoms with Gasteiger partial charge in [-0.25, -0.2) is 0 Å². The van der Waals surface area contributed by atoms with E-state index in [1.54, 1.807) is 20.3 Å². The lowest BCUT2D eigenvalue weighted by Gasteiger charge is -2.11. The summed E-state index contributed by atoms with van der Waals surface area (Å²) in [7, 11) is 3.16. The first-order valence-electron chi connectivity index (χ1n) is 7.98. The molecule has 3 aromatic rings. The van der Waals surface area contributed by atoms with Crippen molar-refractivity contribution in [3.8, 4) is 11.5 Å². The fourth-order valence-electron chi connectivity index (χ4n) is 2.74. The molecule has 0 saturated heterocycles. The van der Waals surface area contributed by atoms with Crippen LogP contribution in [0.15, 0.2) is 48.5 Å². The molecule has 128 valence electrons. The number of aryl methyl sites for hydroxylation is 1.